The van der Waals surface area contributed by atoms with Crippen molar-refractivity contribution in [1.82, 2.24) is 0 Å². The first-order chi connectivity index (χ1) is 9.02. The maximum absolute atomic E-state index is 10.3. The Balaban J connectivity index is 3.20. The lowest BCUT2D eigenvalue weighted by Gasteiger charge is -2.09. The molecule has 3 N–H and O–H groups in total. The molecule has 0 heterocycles. The fourth-order valence-electron chi connectivity index (χ4n) is 2.00. The van der Waals surface area contributed by atoms with Crippen LogP contribution in [0.3, 0.4) is 0 Å². The number of carboxylic acids is 2. The number of aliphatic hydroxyl groups excluding tert-OH is 1. The highest BCUT2D eigenvalue weighted by Gasteiger charge is 2.05. The molecule has 0 amide bonds. The van der Waals surface area contributed by atoms with Gasteiger partial charge in [-0.05, 0) is 25.7 Å². The van der Waals surface area contributed by atoms with Crippen LogP contribution in [-0.2, 0) is 9.59 Å². The molecule has 0 radical (unpaired) electrons. The molecule has 5 heteroatoms. The molecule has 0 aromatic rings. The molecular formula is C14H26O5. The van der Waals surface area contributed by atoms with Gasteiger partial charge >= 0.3 is 11.9 Å². The van der Waals surface area contributed by atoms with Crippen molar-refractivity contribution in [3.05, 3.63) is 0 Å². The van der Waals surface area contributed by atoms with Crippen molar-refractivity contribution in [1.29, 1.82) is 0 Å². The summed E-state index contributed by atoms with van der Waals surface area (Å²) in [7, 11) is 0. The number of carbonyl (C=O) groups is 2. The first-order valence-electron chi connectivity index (χ1n) is 7.14. The van der Waals surface area contributed by atoms with Gasteiger partial charge in [-0.25, -0.2) is 0 Å². The van der Waals surface area contributed by atoms with E-state index in [1.54, 1.807) is 0 Å². The van der Waals surface area contributed by atoms with Gasteiger partial charge in [-0.3, -0.25) is 9.59 Å². The smallest absolute Gasteiger partial charge is 0.303 e. The molecule has 0 rings (SSSR count). The van der Waals surface area contributed by atoms with Crippen molar-refractivity contribution in [3.63, 3.8) is 0 Å². The molecule has 112 valence electrons. The van der Waals surface area contributed by atoms with Crippen LogP contribution >= 0.6 is 0 Å². The highest BCUT2D eigenvalue weighted by atomic mass is 16.4. The topological polar surface area (TPSA) is 94.8 Å². The Morgan fingerprint density at radius 1 is 0.684 bits per heavy atom. The molecule has 0 aliphatic carbocycles. The molecular weight excluding hydrogens is 248 g/mol. The minimum Gasteiger partial charge on any atom is -0.481 e. The van der Waals surface area contributed by atoms with Crippen LogP contribution in [0, 0.1) is 0 Å². The zero-order valence-corrected chi connectivity index (χ0v) is 11.5. The Hall–Kier alpha value is -1.10. The third kappa shape index (κ3) is 14.8. The number of hydrogen-bond donors (Lipinski definition) is 3. The normalized spacial score (nSPS) is 12.3. The Morgan fingerprint density at radius 3 is 1.68 bits per heavy atom. The number of hydrogen-bond acceptors (Lipinski definition) is 3. The van der Waals surface area contributed by atoms with Crippen molar-refractivity contribution >= 4 is 11.9 Å². The van der Waals surface area contributed by atoms with E-state index in [9.17, 15) is 14.7 Å². The first kappa shape index (κ1) is 17.9. The van der Waals surface area contributed by atoms with Crippen LogP contribution < -0.4 is 0 Å². The van der Waals surface area contributed by atoms with Gasteiger partial charge in [-0.15, -0.1) is 0 Å². The second-order valence-corrected chi connectivity index (χ2v) is 4.99. The van der Waals surface area contributed by atoms with E-state index in [2.05, 4.69) is 0 Å². The monoisotopic (exact) mass is 274 g/mol. The lowest BCUT2D eigenvalue weighted by Crippen LogP contribution is -2.07. The van der Waals surface area contributed by atoms with E-state index in [1.165, 1.54) is 0 Å². The third-order valence-electron chi connectivity index (χ3n) is 3.11. The number of rotatable bonds is 13. The second-order valence-electron chi connectivity index (χ2n) is 4.99. The van der Waals surface area contributed by atoms with E-state index in [4.69, 9.17) is 10.2 Å². The average molecular weight is 274 g/mol. The Bertz CT molecular complexity index is 252. The molecule has 0 saturated carbocycles. The molecule has 0 fully saturated rings. The summed E-state index contributed by atoms with van der Waals surface area (Å²) in [4.78, 5) is 20.6. The Morgan fingerprint density at radius 2 is 1.11 bits per heavy atom. The van der Waals surface area contributed by atoms with Crippen LogP contribution in [0.1, 0.15) is 70.6 Å². The van der Waals surface area contributed by atoms with Crippen LogP contribution in [0.4, 0.5) is 0 Å². The molecule has 19 heavy (non-hydrogen) atoms. The van der Waals surface area contributed by atoms with Crippen LogP contribution in [0.5, 0.6) is 0 Å². The SMILES string of the molecule is O=C(O)CCCCCCCCC(O)CCCC(=O)O. The predicted octanol–water partition coefficient (Wildman–Crippen LogP) is 2.81. The van der Waals surface area contributed by atoms with E-state index < -0.39 is 11.9 Å². The Kier molecular flexibility index (Phi) is 11.3. The summed E-state index contributed by atoms with van der Waals surface area (Å²) < 4.78 is 0. The summed E-state index contributed by atoms with van der Waals surface area (Å²) >= 11 is 0. The minimum absolute atomic E-state index is 0.126. The number of carboxylic acid groups (broad SMARTS) is 2. The summed E-state index contributed by atoms with van der Waals surface area (Å²) in [5.74, 6) is -1.54. The summed E-state index contributed by atoms with van der Waals surface area (Å²) in [5.41, 5.74) is 0. The molecule has 1 atom stereocenters. The van der Waals surface area contributed by atoms with Crippen LogP contribution in [-0.4, -0.2) is 33.4 Å². The lowest BCUT2D eigenvalue weighted by molar-refractivity contribution is -0.138. The van der Waals surface area contributed by atoms with E-state index in [0.29, 0.717) is 12.8 Å². The van der Waals surface area contributed by atoms with Crippen molar-refractivity contribution in [2.75, 3.05) is 0 Å². The molecule has 0 aliphatic rings. The fraction of sp³-hybridized carbons (Fsp3) is 0.857. The quantitative estimate of drug-likeness (QED) is 0.449. The zero-order valence-electron chi connectivity index (χ0n) is 11.5. The zero-order chi connectivity index (χ0) is 14.5. The number of aliphatic carboxylic acids is 2. The minimum atomic E-state index is -0.812. The van der Waals surface area contributed by atoms with Crippen molar-refractivity contribution < 1.29 is 24.9 Å². The van der Waals surface area contributed by atoms with Gasteiger partial charge in [0.15, 0.2) is 0 Å². The van der Waals surface area contributed by atoms with Gasteiger partial charge in [0.2, 0.25) is 0 Å². The summed E-state index contributed by atoms with van der Waals surface area (Å²) in [6, 6.07) is 0. The Labute approximate surface area is 114 Å². The van der Waals surface area contributed by atoms with E-state index in [-0.39, 0.29) is 18.9 Å². The second kappa shape index (κ2) is 12.0. The van der Waals surface area contributed by atoms with Crippen molar-refractivity contribution in [2.45, 2.75) is 76.7 Å². The summed E-state index contributed by atoms with van der Waals surface area (Å²) in [5, 5.41) is 26.5. The van der Waals surface area contributed by atoms with Crippen molar-refractivity contribution in [2.24, 2.45) is 0 Å². The van der Waals surface area contributed by atoms with Gasteiger partial charge in [0.1, 0.15) is 0 Å². The van der Waals surface area contributed by atoms with E-state index in [1.807, 2.05) is 0 Å². The van der Waals surface area contributed by atoms with Gasteiger partial charge in [-0.2, -0.15) is 0 Å². The molecule has 0 aromatic carbocycles. The molecule has 5 nitrogen and oxygen atoms in total. The molecule has 0 aromatic heterocycles. The first-order valence-corrected chi connectivity index (χ1v) is 7.14. The highest BCUT2D eigenvalue weighted by molar-refractivity contribution is 5.66. The van der Waals surface area contributed by atoms with Gasteiger partial charge in [0.05, 0.1) is 6.10 Å². The van der Waals surface area contributed by atoms with Crippen LogP contribution in [0.2, 0.25) is 0 Å². The molecule has 0 saturated heterocycles. The number of unbranched alkanes of at least 4 members (excludes halogenated alkanes) is 5. The standard InChI is InChI=1S/C14H26O5/c15-12(9-7-11-14(18)19)8-5-3-1-2-4-6-10-13(16)17/h12,15H,1-11H2,(H,16,17)(H,18,19). The maximum atomic E-state index is 10.3. The highest BCUT2D eigenvalue weighted by Crippen LogP contribution is 2.12. The lowest BCUT2D eigenvalue weighted by atomic mass is 10.0. The third-order valence-corrected chi connectivity index (χ3v) is 3.11. The molecule has 0 bridgehead atoms. The predicted molar refractivity (Wildman–Crippen MR) is 72.1 cm³/mol. The fourth-order valence-corrected chi connectivity index (χ4v) is 2.00. The van der Waals surface area contributed by atoms with Gasteiger partial charge in [0, 0.05) is 12.8 Å². The van der Waals surface area contributed by atoms with Crippen LogP contribution in [0.15, 0.2) is 0 Å². The molecule has 0 aliphatic heterocycles. The molecule has 0 spiro atoms. The summed E-state index contributed by atoms with van der Waals surface area (Å²) in [6.07, 6.45) is 7.63. The van der Waals surface area contributed by atoms with E-state index in [0.717, 1.165) is 44.9 Å². The summed E-state index contributed by atoms with van der Waals surface area (Å²) in [6.45, 7) is 0. The largest absolute Gasteiger partial charge is 0.481 e. The molecule has 1 unspecified atom stereocenters. The van der Waals surface area contributed by atoms with Crippen LogP contribution in [0.25, 0.3) is 0 Å². The van der Waals surface area contributed by atoms with Crippen molar-refractivity contribution in [3.8, 4) is 0 Å². The van der Waals surface area contributed by atoms with E-state index >= 15 is 0 Å². The van der Waals surface area contributed by atoms with Gasteiger partial charge < -0.3 is 15.3 Å². The maximum Gasteiger partial charge on any atom is 0.303 e. The van der Waals surface area contributed by atoms with Gasteiger partial charge in [-0.1, -0.05) is 32.1 Å². The van der Waals surface area contributed by atoms with Gasteiger partial charge in [0.25, 0.3) is 0 Å². The number of aliphatic hydroxyl groups is 1. The average Bonchev–Trinajstić information content (AvgIpc) is 2.31.